The minimum absolute atomic E-state index is 0.0188. The molecule has 0 radical (unpaired) electrons. The van der Waals surface area contributed by atoms with Crippen LogP contribution in [0.3, 0.4) is 0 Å². The predicted octanol–water partition coefficient (Wildman–Crippen LogP) is 3.18. The lowest BCUT2D eigenvalue weighted by molar-refractivity contribution is -0.112. The largest absolute Gasteiger partial charge is 0.301 e. The molecule has 0 aliphatic carbocycles. The van der Waals surface area contributed by atoms with Crippen molar-refractivity contribution in [2.75, 3.05) is 10.4 Å². The number of nitrogens with zero attached hydrogens (tertiary/aromatic N) is 3. The second-order valence-corrected chi connectivity index (χ2v) is 10.3. The summed E-state index contributed by atoms with van der Waals surface area (Å²) in [5.41, 5.74) is 2.18. The molecule has 3 aromatic rings. The first kappa shape index (κ1) is 23.8. The highest BCUT2D eigenvalue weighted by Gasteiger charge is 2.33. The van der Waals surface area contributed by atoms with Crippen LogP contribution in [0.2, 0.25) is 5.02 Å². The molecule has 176 valence electrons. The van der Waals surface area contributed by atoms with E-state index in [9.17, 15) is 30.7 Å². The number of rotatable bonds is 5. The topological polar surface area (TPSA) is 166 Å². The monoisotopic (exact) mass is 522 g/mol. The number of benzene rings is 3. The highest BCUT2D eigenvalue weighted by molar-refractivity contribution is 7.86. The smallest absolute Gasteiger partial charge is 0.282 e. The molecule has 1 amide bonds. The second kappa shape index (κ2) is 8.45. The van der Waals surface area contributed by atoms with Crippen LogP contribution in [0.15, 0.2) is 74.6 Å². The zero-order valence-corrected chi connectivity index (χ0v) is 19.6. The van der Waals surface area contributed by atoms with Crippen molar-refractivity contribution < 1.29 is 30.7 Å². The summed E-state index contributed by atoms with van der Waals surface area (Å²) in [4.78, 5) is 12.0. The van der Waals surface area contributed by atoms with E-state index in [1.165, 1.54) is 25.1 Å². The molecule has 0 atom stereocenters. The molecular weight excluding hydrogens is 508 g/mol. The van der Waals surface area contributed by atoms with Crippen LogP contribution in [0.5, 0.6) is 0 Å². The Morgan fingerprint density at radius 2 is 1.71 bits per heavy atom. The van der Waals surface area contributed by atoms with Crippen LogP contribution in [0.4, 0.5) is 11.4 Å². The van der Waals surface area contributed by atoms with E-state index in [1.807, 2.05) is 0 Å². The second-order valence-electron chi connectivity index (χ2n) is 7.10. The van der Waals surface area contributed by atoms with Crippen LogP contribution in [-0.2, 0) is 25.0 Å². The summed E-state index contributed by atoms with van der Waals surface area (Å²) < 4.78 is 66.1. The van der Waals surface area contributed by atoms with Crippen molar-refractivity contribution >= 4 is 71.3 Å². The molecular formula is C20H15ClN4O7S2. The number of carbonyl (C=O) groups is 1. The van der Waals surface area contributed by atoms with Crippen LogP contribution < -0.4 is 10.4 Å². The molecule has 0 fully saturated rings. The van der Waals surface area contributed by atoms with Gasteiger partial charge in [-0.1, -0.05) is 41.9 Å². The first-order valence-electron chi connectivity index (χ1n) is 9.38. The maximum Gasteiger partial charge on any atom is 0.301 e. The van der Waals surface area contributed by atoms with Gasteiger partial charge in [0, 0.05) is 5.39 Å². The predicted molar refractivity (Wildman–Crippen MR) is 127 cm³/mol. The van der Waals surface area contributed by atoms with Gasteiger partial charge in [0.15, 0.2) is 5.71 Å². The molecule has 3 N–H and O–H groups in total. The van der Waals surface area contributed by atoms with Crippen molar-refractivity contribution in [2.45, 2.75) is 16.7 Å². The van der Waals surface area contributed by atoms with Gasteiger partial charge in [0.05, 0.1) is 27.0 Å². The normalized spacial score (nSPS) is 15.8. The van der Waals surface area contributed by atoms with Gasteiger partial charge >= 0.3 is 5.91 Å². The minimum Gasteiger partial charge on any atom is -0.282 e. The lowest BCUT2D eigenvalue weighted by atomic mass is 10.1. The molecule has 0 aromatic heterocycles. The summed E-state index contributed by atoms with van der Waals surface area (Å²) >= 11 is 6.10. The Kier molecular flexibility index (Phi) is 5.91. The highest BCUT2D eigenvalue weighted by Crippen LogP contribution is 2.32. The highest BCUT2D eigenvalue weighted by atomic mass is 35.5. The molecule has 0 unspecified atom stereocenters. The van der Waals surface area contributed by atoms with Crippen LogP contribution in [0.25, 0.3) is 10.8 Å². The molecule has 14 heteroatoms. The number of hydrazone groups is 2. The fourth-order valence-corrected chi connectivity index (χ4v) is 4.88. The van der Waals surface area contributed by atoms with Gasteiger partial charge in [-0.2, -0.15) is 32.0 Å². The zero-order valence-electron chi connectivity index (χ0n) is 17.2. The maximum absolute atomic E-state index is 12.9. The Bertz CT molecular complexity index is 1630. The number of halogens is 1. The average Bonchev–Trinajstić information content (AvgIpc) is 3.03. The third-order valence-electron chi connectivity index (χ3n) is 4.86. The molecule has 1 heterocycles. The molecule has 4 rings (SSSR count). The Hall–Kier alpha value is -3.36. The molecule has 0 bridgehead atoms. The SMILES string of the molecule is CC1=NN(c2cc(S(=O)(=O)O)ccc2Cl)C(=O)/C1=N\Nc1ccc2ccccc2c1S(=O)(=O)O. The van der Waals surface area contributed by atoms with Crippen molar-refractivity contribution in [3.63, 3.8) is 0 Å². The van der Waals surface area contributed by atoms with Gasteiger partial charge in [0.1, 0.15) is 4.90 Å². The van der Waals surface area contributed by atoms with Gasteiger partial charge in [0.25, 0.3) is 20.2 Å². The number of hydrogen-bond donors (Lipinski definition) is 3. The molecule has 0 spiro atoms. The van der Waals surface area contributed by atoms with Crippen molar-refractivity contribution in [2.24, 2.45) is 10.2 Å². The summed E-state index contributed by atoms with van der Waals surface area (Å²) in [5.74, 6) is -0.798. The molecule has 0 saturated heterocycles. The molecule has 34 heavy (non-hydrogen) atoms. The third-order valence-corrected chi connectivity index (χ3v) is 6.98. The fourth-order valence-electron chi connectivity index (χ4n) is 3.33. The number of fused-ring (bicyclic) bond motifs is 1. The summed E-state index contributed by atoms with van der Waals surface area (Å²) in [6.07, 6.45) is 0. The fraction of sp³-hybridized carbons (Fsp3) is 0.0500. The molecule has 1 aliphatic rings. The van der Waals surface area contributed by atoms with Crippen molar-refractivity contribution in [3.8, 4) is 0 Å². The van der Waals surface area contributed by atoms with E-state index in [2.05, 4.69) is 15.6 Å². The van der Waals surface area contributed by atoms with Crippen molar-refractivity contribution in [1.29, 1.82) is 0 Å². The number of carbonyl (C=O) groups excluding carboxylic acids is 1. The minimum atomic E-state index is -4.67. The van der Waals surface area contributed by atoms with Gasteiger partial charge in [-0.05, 0) is 36.6 Å². The third kappa shape index (κ3) is 4.38. The van der Waals surface area contributed by atoms with Crippen molar-refractivity contribution in [1.82, 2.24) is 0 Å². The Morgan fingerprint density at radius 1 is 1.00 bits per heavy atom. The van der Waals surface area contributed by atoms with E-state index in [-0.39, 0.29) is 33.2 Å². The van der Waals surface area contributed by atoms with Crippen LogP contribution in [0, 0.1) is 0 Å². The van der Waals surface area contributed by atoms with Gasteiger partial charge in [-0.15, -0.1) is 0 Å². The Labute approximate surface area is 198 Å². The van der Waals surface area contributed by atoms with E-state index < -0.39 is 35.9 Å². The van der Waals surface area contributed by atoms with E-state index in [4.69, 9.17) is 11.6 Å². The van der Waals surface area contributed by atoms with Crippen LogP contribution in [0.1, 0.15) is 6.92 Å². The lowest BCUT2D eigenvalue weighted by Gasteiger charge is -2.14. The standard InChI is InChI=1S/C20H15ClN4O7S2/c1-11-18(20(26)25(24-11)17-10-13(33(27,28)29)7-8-15(17)21)23-22-16-9-6-12-4-2-3-5-14(12)19(16)34(30,31)32/h2-10,22H,1H3,(H,27,28,29)(H,30,31,32)/b23-18-. The summed E-state index contributed by atoms with van der Waals surface area (Å²) in [5, 5.41) is 9.60. The van der Waals surface area contributed by atoms with E-state index in [0.29, 0.717) is 5.39 Å². The first-order chi connectivity index (χ1) is 15.9. The first-order valence-corrected chi connectivity index (χ1v) is 12.6. The van der Waals surface area contributed by atoms with Gasteiger partial charge in [0.2, 0.25) is 0 Å². The summed E-state index contributed by atoms with van der Waals surface area (Å²) in [7, 11) is -9.23. The van der Waals surface area contributed by atoms with Crippen LogP contribution in [-0.4, -0.2) is 43.3 Å². The Balaban J connectivity index is 1.73. The van der Waals surface area contributed by atoms with E-state index >= 15 is 0 Å². The maximum atomic E-state index is 12.9. The molecule has 11 nitrogen and oxygen atoms in total. The van der Waals surface area contributed by atoms with Crippen LogP contribution >= 0.6 is 11.6 Å². The number of anilines is 2. The summed E-state index contributed by atoms with van der Waals surface area (Å²) in [6, 6.07) is 12.7. The van der Waals surface area contributed by atoms with Gasteiger partial charge < -0.3 is 0 Å². The quantitative estimate of drug-likeness (QED) is 0.339. The van der Waals surface area contributed by atoms with Crippen molar-refractivity contribution in [3.05, 3.63) is 59.6 Å². The number of hydrogen-bond acceptors (Lipinski definition) is 8. The molecule has 0 saturated carbocycles. The van der Waals surface area contributed by atoms with E-state index in [0.717, 1.165) is 17.1 Å². The Morgan fingerprint density at radius 3 is 2.38 bits per heavy atom. The molecule has 3 aromatic carbocycles. The lowest BCUT2D eigenvalue weighted by Crippen LogP contribution is -2.28. The van der Waals surface area contributed by atoms with Gasteiger partial charge in [-0.25, -0.2) is 0 Å². The molecule has 1 aliphatic heterocycles. The summed E-state index contributed by atoms with van der Waals surface area (Å²) in [6.45, 7) is 1.45. The van der Waals surface area contributed by atoms with E-state index in [1.54, 1.807) is 24.3 Å². The number of amides is 1. The zero-order chi connectivity index (χ0) is 24.8. The number of nitrogens with one attached hydrogen (secondary N) is 1. The van der Waals surface area contributed by atoms with Gasteiger partial charge in [-0.3, -0.25) is 19.3 Å². The average molecular weight is 523 g/mol.